The van der Waals surface area contributed by atoms with Gasteiger partial charge < -0.3 is 15.1 Å². The molecule has 1 rings (SSSR count). The van der Waals surface area contributed by atoms with Crippen molar-refractivity contribution < 1.29 is 19.4 Å². The Morgan fingerprint density at radius 1 is 1.33 bits per heavy atom. The molecular weight excluding hydrogens is 273 g/mol. The maximum absolute atomic E-state index is 13.8. The smallest absolute Gasteiger partial charge is 0.256 e. The van der Waals surface area contributed by atoms with Crippen molar-refractivity contribution in [3.05, 3.63) is 35.1 Å². The van der Waals surface area contributed by atoms with Gasteiger partial charge in [0.25, 0.3) is 5.91 Å². The lowest BCUT2D eigenvalue weighted by atomic mass is 10.1. The van der Waals surface area contributed by atoms with E-state index < -0.39 is 11.7 Å². The van der Waals surface area contributed by atoms with Crippen LogP contribution in [0.25, 0.3) is 0 Å². The zero-order chi connectivity index (χ0) is 15.7. The van der Waals surface area contributed by atoms with E-state index >= 15 is 0 Å². The summed E-state index contributed by atoms with van der Waals surface area (Å²) in [5, 5.41) is 17.5. The zero-order valence-electron chi connectivity index (χ0n) is 12.1. The van der Waals surface area contributed by atoms with Crippen LogP contribution in [-0.4, -0.2) is 47.3 Å². The molecule has 5 heteroatoms. The van der Waals surface area contributed by atoms with Gasteiger partial charge in [-0.05, 0) is 31.5 Å². The van der Waals surface area contributed by atoms with E-state index in [1.807, 2.05) is 0 Å². The first-order valence-electron chi connectivity index (χ1n) is 6.93. The highest BCUT2D eigenvalue weighted by molar-refractivity contribution is 5.94. The lowest BCUT2D eigenvalue weighted by Gasteiger charge is -2.20. The quantitative estimate of drug-likeness (QED) is 0.780. The summed E-state index contributed by atoms with van der Waals surface area (Å²) >= 11 is 0. The van der Waals surface area contributed by atoms with Gasteiger partial charge in [0, 0.05) is 31.7 Å². The van der Waals surface area contributed by atoms with Gasteiger partial charge in [0.05, 0.1) is 12.2 Å². The van der Waals surface area contributed by atoms with Gasteiger partial charge in [0.2, 0.25) is 0 Å². The number of carbonyl (C=O) groups excluding carboxylic acids is 1. The third-order valence-electron chi connectivity index (χ3n) is 2.92. The van der Waals surface area contributed by atoms with Gasteiger partial charge in [0.1, 0.15) is 5.82 Å². The van der Waals surface area contributed by atoms with E-state index in [0.29, 0.717) is 31.5 Å². The van der Waals surface area contributed by atoms with Crippen LogP contribution in [0.15, 0.2) is 18.2 Å². The fourth-order valence-electron chi connectivity index (χ4n) is 1.82. The van der Waals surface area contributed by atoms with Gasteiger partial charge >= 0.3 is 0 Å². The molecule has 0 aliphatic heterocycles. The second kappa shape index (κ2) is 9.11. The molecule has 0 aromatic heterocycles. The number of benzene rings is 1. The van der Waals surface area contributed by atoms with Crippen LogP contribution in [0.5, 0.6) is 0 Å². The van der Waals surface area contributed by atoms with E-state index in [1.54, 1.807) is 6.92 Å². The fraction of sp³-hybridized carbons (Fsp3) is 0.438. The Balaban J connectivity index is 2.97. The summed E-state index contributed by atoms with van der Waals surface area (Å²) in [4.78, 5) is 13.8. The van der Waals surface area contributed by atoms with Crippen molar-refractivity contribution in [1.82, 2.24) is 4.90 Å². The number of amides is 1. The number of aliphatic hydroxyl groups excluding tert-OH is 2. The summed E-state index contributed by atoms with van der Waals surface area (Å²) in [5.41, 5.74) is 0.511. The van der Waals surface area contributed by atoms with Gasteiger partial charge in [-0.1, -0.05) is 11.8 Å². The summed E-state index contributed by atoms with van der Waals surface area (Å²) in [6.07, 6.45) is 0.787. The van der Waals surface area contributed by atoms with Crippen molar-refractivity contribution in [2.45, 2.75) is 19.8 Å². The standard InChI is InChI=1S/C16H20FNO3/c1-2-18(9-5-11-20)16(21)14-12-13(6-3-4-10-19)7-8-15(14)17/h7-8,12,19-20H,2,4-5,9-11H2,1H3. The van der Waals surface area contributed by atoms with Gasteiger partial charge in [-0.25, -0.2) is 4.39 Å². The fourth-order valence-corrected chi connectivity index (χ4v) is 1.82. The number of rotatable bonds is 6. The Kier molecular flexibility index (Phi) is 7.44. The molecule has 0 aliphatic carbocycles. The average molecular weight is 293 g/mol. The molecule has 0 unspecified atom stereocenters. The number of carbonyl (C=O) groups is 1. The summed E-state index contributed by atoms with van der Waals surface area (Å²) < 4.78 is 13.8. The molecule has 4 nitrogen and oxygen atoms in total. The SMILES string of the molecule is CCN(CCCO)C(=O)c1cc(C#CCCO)ccc1F. The molecule has 21 heavy (non-hydrogen) atoms. The first-order chi connectivity index (χ1) is 10.1. The maximum Gasteiger partial charge on any atom is 0.256 e. The Bertz CT molecular complexity index is 534. The molecule has 0 fully saturated rings. The molecule has 0 aliphatic rings. The van der Waals surface area contributed by atoms with Crippen molar-refractivity contribution >= 4 is 5.91 Å². The Labute approximate surface area is 124 Å². The molecule has 1 aromatic rings. The lowest BCUT2D eigenvalue weighted by Crippen LogP contribution is -2.32. The van der Waals surface area contributed by atoms with Crippen LogP contribution in [0, 0.1) is 17.7 Å². The molecular formula is C16H20FNO3. The minimum absolute atomic E-state index is 0.0149. The summed E-state index contributed by atoms with van der Waals surface area (Å²) in [7, 11) is 0. The molecule has 0 heterocycles. The van der Waals surface area contributed by atoms with E-state index in [2.05, 4.69) is 11.8 Å². The van der Waals surface area contributed by atoms with Crippen LogP contribution in [-0.2, 0) is 0 Å². The van der Waals surface area contributed by atoms with E-state index in [9.17, 15) is 9.18 Å². The van der Waals surface area contributed by atoms with Crippen LogP contribution in [0.1, 0.15) is 35.7 Å². The molecule has 0 saturated heterocycles. The van der Waals surface area contributed by atoms with Crippen LogP contribution in [0.3, 0.4) is 0 Å². The molecule has 1 amide bonds. The predicted octanol–water partition coefficient (Wildman–Crippen LogP) is 1.40. The van der Waals surface area contributed by atoms with Gasteiger partial charge in [0.15, 0.2) is 0 Å². The first kappa shape index (κ1) is 17.2. The third-order valence-corrected chi connectivity index (χ3v) is 2.92. The minimum atomic E-state index is -0.588. The average Bonchev–Trinajstić information content (AvgIpc) is 2.49. The van der Waals surface area contributed by atoms with E-state index in [0.717, 1.165) is 0 Å². The van der Waals surface area contributed by atoms with Gasteiger partial charge in [-0.2, -0.15) is 0 Å². The Morgan fingerprint density at radius 2 is 2.10 bits per heavy atom. The molecule has 1 aromatic carbocycles. The number of nitrogens with zero attached hydrogens (tertiary/aromatic N) is 1. The monoisotopic (exact) mass is 293 g/mol. The topological polar surface area (TPSA) is 60.8 Å². The Hall–Kier alpha value is -1.90. The molecule has 0 saturated carbocycles. The number of hydrogen-bond donors (Lipinski definition) is 2. The van der Waals surface area contributed by atoms with Crippen LogP contribution in [0.4, 0.5) is 4.39 Å². The van der Waals surface area contributed by atoms with Crippen molar-refractivity contribution in [1.29, 1.82) is 0 Å². The highest BCUT2D eigenvalue weighted by Gasteiger charge is 2.18. The molecule has 0 bridgehead atoms. The third kappa shape index (κ3) is 5.18. The number of hydrogen-bond acceptors (Lipinski definition) is 3. The maximum atomic E-state index is 13.8. The van der Waals surface area contributed by atoms with E-state index in [4.69, 9.17) is 10.2 Å². The second-order valence-electron chi connectivity index (χ2n) is 4.43. The molecule has 0 spiro atoms. The summed E-state index contributed by atoms with van der Waals surface area (Å²) in [6.45, 7) is 2.58. The van der Waals surface area contributed by atoms with Crippen LogP contribution < -0.4 is 0 Å². The normalized spacial score (nSPS) is 9.90. The predicted molar refractivity (Wildman–Crippen MR) is 78.3 cm³/mol. The summed E-state index contributed by atoms with van der Waals surface area (Å²) in [6, 6.07) is 4.14. The van der Waals surface area contributed by atoms with Crippen LogP contribution in [0.2, 0.25) is 0 Å². The van der Waals surface area contributed by atoms with Crippen molar-refractivity contribution in [2.24, 2.45) is 0 Å². The van der Waals surface area contributed by atoms with Crippen molar-refractivity contribution in [3.8, 4) is 11.8 Å². The zero-order valence-corrected chi connectivity index (χ0v) is 12.1. The Morgan fingerprint density at radius 3 is 2.71 bits per heavy atom. The van der Waals surface area contributed by atoms with Gasteiger partial charge in [-0.15, -0.1) is 0 Å². The second-order valence-corrected chi connectivity index (χ2v) is 4.43. The lowest BCUT2D eigenvalue weighted by molar-refractivity contribution is 0.0749. The van der Waals surface area contributed by atoms with Crippen LogP contribution >= 0.6 is 0 Å². The van der Waals surface area contributed by atoms with Crippen molar-refractivity contribution in [3.63, 3.8) is 0 Å². The van der Waals surface area contributed by atoms with Crippen molar-refractivity contribution in [2.75, 3.05) is 26.3 Å². The molecule has 2 N–H and O–H groups in total. The van der Waals surface area contributed by atoms with Gasteiger partial charge in [-0.3, -0.25) is 4.79 Å². The minimum Gasteiger partial charge on any atom is -0.396 e. The van der Waals surface area contributed by atoms with E-state index in [1.165, 1.54) is 23.1 Å². The first-order valence-corrected chi connectivity index (χ1v) is 6.93. The highest BCUT2D eigenvalue weighted by Crippen LogP contribution is 2.13. The molecule has 0 radical (unpaired) electrons. The molecule has 0 atom stereocenters. The number of halogens is 1. The number of aliphatic hydroxyl groups is 2. The summed E-state index contributed by atoms with van der Waals surface area (Å²) in [5.74, 6) is 4.52. The largest absolute Gasteiger partial charge is 0.396 e. The highest BCUT2D eigenvalue weighted by atomic mass is 19.1. The van der Waals surface area contributed by atoms with E-state index in [-0.39, 0.29) is 18.8 Å². The molecule has 114 valence electrons.